The Kier molecular flexibility index (Phi) is 8.61. The van der Waals surface area contributed by atoms with Crippen molar-refractivity contribution in [2.45, 2.75) is 39.5 Å². The Morgan fingerprint density at radius 2 is 1.50 bits per heavy atom. The SMILES string of the molecule is CCCCN(/C=C/C=C(\O)C=C1C(=O)N(C)C(=O)N(C)C1=O)CCCC. The minimum Gasteiger partial charge on any atom is -0.508 e. The van der Waals surface area contributed by atoms with E-state index in [0.717, 1.165) is 54.6 Å². The van der Waals surface area contributed by atoms with Crippen molar-refractivity contribution in [2.24, 2.45) is 0 Å². The average Bonchev–Trinajstić information content (AvgIpc) is 2.63. The maximum absolute atomic E-state index is 12.1. The van der Waals surface area contributed by atoms with Crippen LogP contribution < -0.4 is 0 Å². The molecule has 0 unspecified atom stereocenters. The first-order valence-corrected chi connectivity index (χ1v) is 8.96. The van der Waals surface area contributed by atoms with Crippen molar-refractivity contribution in [2.75, 3.05) is 27.2 Å². The summed E-state index contributed by atoms with van der Waals surface area (Å²) in [6, 6.07) is -0.692. The lowest BCUT2D eigenvalue weighted by Gasteiger charge is -2.28. The number of nitrogens with zero attached hydrogens (tertiary/aromatic N) is 3. The molecule has 1 saturated heterocycles. The first-order chi connectivity index (χ1) is 12.3. The molecule has 0 aromatic carbocycles. The van der Waals surface area contributed by atoms with E-state index in [1.165, 1.54) is 20.2 Å². The molecular formula is C19H29N3O4. The minimum absolute atomic E-state index is 0.222. The van der Waals surface area contributed by atoms with Crippen LogP contribution in [0.3, 0.4) is 0 Å². The van der Waals surface area contributed by atoms with E-state index in [0.29, 0.717) is 0 Å². The van der Waals surface area contributed by atoms with Crippen LogP contribution in [-0.2, 0) is 9.59 Å². The molecule has 1 aliphatic heterocycles. The Labute approximate surface area is 155 Å². The molecule has 4 amide bonds. The number of aliphatic hydroxyl groups is 1. The van der Waals surface area contributed by atoms with Gasteiger partial charge in [0.05, 0.1) is 0 Å². The summed E-state index contributed by atoms with van der Waals surface area (Å²) in [5.41, 5.74) is -0.245. The number of amides is 4. The summed E-state index contributed by atoms with van der Waals surface area (Å²) in [4.78, 5) is 39.7. The van der Waals surface area contributed by atoms with Gasteiger partial charge in [-0.15, -0.1) is 0 Å². The summed E-state index contributed by atoms with van der Waals surface area (Å²) >= 11 is 0. The number of imide groups is 2. The van der Waals surface area contributed by atoms with Crippen LogP contribution in [0, 0.1) is 0 Å². The Hall–Kier alpha value is -2.57. The summed E-state index contributed by atoms with van der Waals surface area (Å²) in [6.07, 6.45) is 10.5. The van der Waals surface area contributed by atoms with Crippen molar-refractivity contribution in [3.8, 4) is 0 Å². The average molecular weight is 363 g/mol. The van der Waals surface area contributed by atoms with Crippen LogP contribution in [-0.4, -0.2) is 64.8 Å². The fourth-order valence-electron chi connectivity index (χ4n) is 2.42. The normalized spacial score (nSPS) is 16.1. The number of allylic oxidation sites excluding steroid dienone is 3. The molecule has 1 heterocycles. The molecule has 0 radical (unpaired) electrons. The van der Waals surface area contributed by atoms with Crippen molar-refractivity contribution < 1.29 is 19.5 Å². The van der Waals surface area contributed by atoms with E-state index >= 15 is 0 Å². The van der Waals surface area contributed by atoms with E-state index in [1.807, 2.05) is 6.20 Å². The van der Waals surface area contributed by atoms with E-state index in [1.54, 1.807) is 6.08 Å². The molecule has 1 aliphatic rings. The van der Waals surface area contributed by atoms with Gasteiger partial charge >= 0.3 is 6.03 Å². The first-order valence-electron chi connectivity index (χ1n) is 8.96. The van der Waals surface area contributed by atoms with Gasteiger partial charge in [-0.25, -0.2) is 4.79 Å². The third kappa shape index (κ3) is 5.75. The molecule has 7 heteroatoms. The van der Waals surface area contributed by atoms with Gasteiger partial charge in [0.15, 0.2) is 0 Å². The predicted octanol–water partition coefficient (Wildman–Crippen LogP) is 2.82. The quantitative estimate of drug-likeness (QED) is 0.295. The molecule has 1 rings (SSSR count). The zero-order valence-corrected chi connectivity index (χ0v) is 16.1. The van der Waals surface area contributed by atoms with Crippen LogP contribution in [0.5, 0.6) is 0 Å². The van der Waals surface area contributed by atoms with Crippen molar-refractivity contribution in [3.63, 3.8) is 0 Å². The summed E-state index contributed by atoms with van der Waals surface area (Å²) in [5.74, 6) is -1.68. The molecule has 0 saturated carbocycles. The van der Waals surface area contributed by atoms with Crippen LogP contribution in [0.15, 0.2) is 35.8 Å². The van der Waals surface area contributed by atoms with Crippen LogP contribution >= 0.6 is 0 Å². The van der Waals surface area contributed by atoms with Crippen LogP contribution in [0.2, 0.25) is 0 Å². The Bertz CT molecular complexity index is 588. The molecule has 0 spiro atoms. The molecule has 1 fully saturated rings. The molecule has 7 nitrogen and oxygen atoms in total. The number of carbonyl (C=O) groups excluding carboxylic acids is 3. The Morgan fingerprint density at radius 3 is 1.96 bits per heavy atom. The lowest BCUT2D eigenvalue weighted by molar-refractivity contribution is -0.134. The lowest BCUT2D eigenvalue weighted by Crippen LogP contribution is -2.53. The molecular weight excluding hydrogens is 334 g/mol. The van der Waals surface area contributed by atoms with E-state index in [4.69, 9.17) is 0 Å². The topological polar surface area (TPSA) is 81.2 Å². The maximum atomic E-state index is 12.1. The van der Waals surface area contributed by atoms with Crippen molar-refractivity contribution >= 4 is 17.8 Å². The van der Waals surface area contributed by atoms with Gasteiger partial charge in [0.25, 0.3) is 11.8 Å². The van der Waals surface area contributed by atoms with Crippen molar-refractivity contribution in [1.82, 2.24) is 14.7 Å². The summed E-state index contributed by atoms with van der Waals surface area (Å²) < 4.78 is 0. The van der Waals surface area contributed by atoms with Gasteiger partial charge in [-0.3, -0.25) is 19.4 Å². The number of barbiturate groups is 1. The highest BCUT2D eigenvalue weighted by Crippen LogP contribution is 2.15. The van der Waals surface area contributed by atoms with E-state index in [2.05, 4.69) is 18.7 Å². The van der Waals surface area contributed by atoms with Crippen LogP contribution in [0.1, 0.15) is 39.5 Å². The zero-order chi connectivity index (χ0) is 19.7. The first kappa shape index (κ1) is 21.5. The molecule has 0 aromatic rings. The number of carbonyl (C=O) groups is 3. The number of unbranched alkanes of at least 4 members (excludes halogenated alkanes) is 2. The number of hydrogen-bond donors (Lipinski definition) is 1. The molecule has 0 aromatic heterocycles. The van der Waals surface area contributed by atoms with Crippen molar-refractivity contribution in [3.05, 3.63) is 35.8 Å². The fraction of sp³-hybridized carbons (Fsp3) is 0.526. The van der Waals surface area contributed by atoms with E-state index in [-0.39, 0.29) is 11.3 Å². The number of rotatable bonds is 9. The second-order valence-corrected chi connectivity index (χ2v) is 6.25. The van der Waals surface area contributed by atoms with Gasteiger partial charge in [-0.05, 0) is 37.3 Å². The maximum Gasteiger partial charge on any atom is 0.333 e. The summed E-state index contributed by atoms with van der Waals surface area (Å²) in [6.45, 7) is 6.15. The lowest BCUT2D eigenvalue weighted by atomic mass is 10.1. The number of urea groups is 1. The largest absolute Gasteiger partial charge is 0.508 e. The molecule has 0 aliphatic carbocycles. The molecule has 144 valence electrons. The van der Waals surface area contributed by atoms with Crippen LogP contribution in [0.25, 0.3) is 0 Å². The highest BCUT2D eigenvalue weighted by molar-refractivity contribution is 6.28. The standard InChI is InChI=1S/C19H29N3O4/c1-5-7-11-22(12-8-6-2)13-9-10-15(23)14-16-17(24)20(3)19(26)21(4)18(16)25/h9-10,13-14,23H,5-8,11-12H2,1-4H3/b13-9+,15-10-. The summed E-state index contributed by atoms with van der Waals surface area (Å²) in [7, 11) is 2.59. The highest BCUT2D eigenvalue weighted by atomic mass is 16.3. The Balaban J connectivity index is 2.87. The second kappa shape index (κ2) is 10.4. The van der Waals surface area contributed by atoms with E-state index in [9.17, 15) is 19.5 Å². The molecule has 0 bridgehead atoms. The van der Waals surface area contributed by atoms with Gasteiger partial charge in [0.2, 0.25) is 0 Å². The Morgan fingerprint density at radius 1 is 1.00 bits per heavy atom. The molecule has 0 atom stereocenters. The number of likely N-dealkylation sites (N-methyl/N-ethyl adjacent to an activating group) is 2. The van der Waals surface area contributed by atoms with Gasteiger partial charge in [-0.1, -0.05) is 26.7 Å². The zero-order valence-electron chi connectivity index (χ0n) is 16.1. The van der Waals surface area contributed by atoms with E-state index < -0.39 is 17.8 Å². The smallest absolute Gasteiger partial charge is 0.333 e. The van der Waals surface area contributed by atoms with Crippen LogP contribution in [0.4, 0.5) is 4.79 Å². The van der Waals surface area contributed by atoms with Crippen molar-refractivity contribution in [1.29, 1.82) is 0 Å². The third-order valence-corrected chi connectivity index (χ3v) is 4.10. The molecule has 26 heavy (non-hydrogen) atoms. The highest BCUT2D eigenvalue weighted by Gasteiger charge is 2.37. The van der Waals surface area contributed by atoms with Gasteiger partial charge in [0, 0.05) is 27.2 Å². The third-order valence-electron chi connectivity index (χ3n) is 4.10. The summed E-state index contributed by atoms with van der Waals surface area (Å²) in [5, 5.41) is 10.0. The number of hydrogen-bond acceptors (Lipinski definition) is 5. The van der Waals surface area contributed by atoms with Gasteiger partial charge < -0.3 is 10.0 Å². The van der Waals surface area contributed by atoms with Gasteiger partial charge in [0.1, 0.15) is 11.3 Å². The number of aliphatic hydroxyl groups excluding tert-OH is 1. The monoisotopic (exact) mass is 363 g/mol. The predicted molar refractivity (Wildman–Crippen MR) is 100 cm³/mol. The minimum atomic E-state index is -0.727. The molecule has 1 N–H and O–H groups in total. The fourth-order valence-corrected chi connectivity index (χ4v) is 2.42. The second-order valence-electron chi connectivity index (χ2n) is 6.25. The van der Waals surface area contributed by atoms with Gasteiger partial charge in [-0.2, -0.15) is 0 Å².